The number of carbonyl (C=O) groups is 2. The Balaban J connectivity index is 1.15. The Kier molecular flexibility index (Phi) is 4.62. The highest BCUT2D eigenvalue weighted by Gasteiger charge is 2.44. The lowest BCUT2D eigenvalue weighted by molar-refractivity contribution is -0.145. The van der Waals surface area contributed by atoms with E-state index in [1.807, 2.05) is 18.2 Å². The summed E-state index contributed by atoms with van der Waals surface area (Å²) >= 11 is 0. The first-order valence-electron chi connectivity index (χ1n) is 10.3. The van der Waals surface area contributed by atoms with Gasteiger partial charge in [0.1, 0.15) is 0 Å². The van der Waals surface area contributed by atoms with Crippen LogP contribution in [-0.4, -0.2) is 60.6 Å². The van der Waals surface area contributed by atoms with Gasteiger partial charge in [0, 0.05) is 38.6 Å². The first-order chi connectivity index (χ1) is 13.7. The van der Waals surface area contributed by atoms with E-state index in [0.29, 0.717) is 43.3 Å². The van der Waals surface area contributed by atoms with Crippen molar-refractivity contribution in [3.05, 3.63) is 23.8 Å². The largest absolute Gasteiger partial charge is 0.454 e. The molecule has 1 aromatic rings. The molecule has 5 rings (SSSR count). The zero-order chi connectivity index (χ0) is 19.1. The van der Waals surface area contributed by atoms with Gasteiger partial charge in [-0.3, -0.25) is 14.5 Å². The lowest BCUT2D eigenvalue weighted by Gasteiger charge is -2.52. The number of hydrogen-bond donors (Lipinski definition) is 1. The molecule has 2 amide bonds. The van der Waals surface area contributed by atoms with Crippen LogP contribution in [0.1, 0.15) is 31.2 Å². The third kappa shape index (κ3) is 3.43. The molecule has 3 fully saturated rings. The number of nitrogens with one attached hydrogen (secondary N) is 1. The monoisotopic (exact) mass is 385 g/mol. The normalized spacial score (nSPS) is 28.8. The van der Waals surface area contributed by atoms with Crippen LogP contribution in [0, 0.1) is 11.8 Å². The summed E-state index contributed by atoms with van der Waals surface area (Å²) in [5.74, 6) is 2.89. The molecule has 4 aliphatic heterocycles. The van der Waals surface area contributed by atoms with Gasteiger partial charge in [0.25, 0.3) is 0 Å². The number of fused-ring (bicyclic) bond motifs is 5. The molecule has 3 saturated heterocycles. The Morgan fingerprint density at radius 3 is 3.00 bits per heavy atom. The lowest BCUT2D eigenvalue weighted by Crippen LogP contribution is -2.61. The average Bonchev–Trinajstić information content (AvgIpc) is 3.15. The zero-order valence-corrected chi connectivity index (χ0v) is 16.1. The van der Waals surface area contributed by atoms with Gasteiger partial charge in [-0.15, -0.1) is 0 Å². The summed E-state index contributed by atoms with van der Waals surface area (Å²) in [6.45, 7) is 3.87. The van der Waals surface area contributed by atoms with Gasteiger partial charge in [-0.1, -0.05) is 6.07 Å². The van der Waals surface area contributed by atoms with Crippen LogP contribution in [-0.2, 0) is 16.1 Å². The molecule has 7 heteroatoms. The maximum Gasteiger partial charge on any atom is 0.234 e. The minimum Gasteiger partial charge on any atom is -0.454 e. The van der Waals surface area contributed by atoms with Crippen molar-refractivity contribution in [3.8, 4) is 11.5 Å². The number of hydrogen-bond acceptors (Lipinski definition) is 5. The fraction of sp³-hybridized carbons (Fsp3) is 0.619. The number of carbonyl (C=O) groups excluding carboxylic acids is 2. The summed E-state index contributed by atoms with van der Waals surface area (Å²) in [4.78, 5) is 29.2. The second kappa shape index (κ2) is 7.28. The topological polar surface area (TPSA) is 71.1 Å². The van der Waals surface area contributed by atoms with Crippen molar-refractivity contribution < 1.29 is 19.1 Å². The summed E-state index contributed by atoms with van der Waals surface area (Å²) in [5.41, 5.74) is 1.00. The molecule has 2 bridgehead atoms. The molecular formula is C21H27N3O4. The van der Waals surface area contributed by atoms with Crippen molar-refractivity contribution in [3.63, 3.8) is 0 Å². The molecule has 4 heterocycles. The Morgan fingerprint density at radius 2 is 2.07 bits per heavy atom. The number of rotatable bonds is 4. The van der Waals surface area contributed by atoms with Crippen LogP contribution < -0.4 is 14.8 Å². The van der Waals surface area contributed by atoms with Crippen LogP contribution in [0.4, 0.5) is 0 Å². The highest BCUT2D eigenvalue weighted by Crippen LogP contribution is 2.37. The molecule has 0 radical (unpaired) electrons. The molecular weight excluding hydrogens is 358 g/mol. The van der Waals surface area contributed by atoms with Crippen LogP contribution in [0.2, 0.25) is 0 Å². The maximum atomic E-state index is 12.5. The smallest absolute Gasteiger partial charge is 0.234 e. The van der Waals surface area contributed by atoms with Crippen LogP contribution in [0.25, 0.3) is 0 Å². The highest BCUT2D eigenvalue weighted by molar-refractivity contribution is 5.78. The van der Waals surface area contributed by atoms with Gasteiger partial charge in [0.05, 0.1) is 6.54 Å². The average molecular weight is 385 g/mol. The van der Waals surface area contributed by atoms with E-state index in [1.54, 1.807) is 0 Å². The summed E-state index contributed by atoms with van der Waals surface area (Å²) in [5, 5.41) is 3.03. The second-order valence-electron chi connectivity index (χ2n) is 8.53. The molecule has 0 aliphatic carbocycles. The van der Waals surface area contributed by atoms with E-state index in [2.05, 4.69) is 15.1 Å². The summed E-state index contributed by atoms with van der Waals surface area (Å²) < 4.78 is 10.7. The minimum absolute atomic E-state index is 0.0502. The predicted octanol–water partition coefficient (Wildman–Crippen LogP) is 1.36. The van der Waals surface area contributed by atoms with Gasteiger partial charge in [-0.05, 0) is 48.8 Å². The molecule has 0 aromatic heterocycles. The van der Waals surface area contributed by atoms with Gasteiger partial charge < -0.3 is 19.7 Å². The first-order valence-corrected chi connectivity index (χ1v) is 10.3. The van der Waals surface area contributed by atoms with Crippen molar-refractivity contribution in [1.29, 1.82) is 0 Å². The molecule has 28 heavy (non-hydrogen) atoms. The van der Waals surface area contributed by atoms with Crippen LogP contribution >= 0.6 is 0 Å². The fourth-order valence-corrected chi connectivity index (χ4v) is 5.35. The summed E-state index contributed by atoms with van der Waals surface area (Å²) in [6, 6.07) is 6.14. The van der Waals surface area contributed by atoms with Gasteiger partial charge in [-0.25, -0.2) is 0 Å². The van der Waals surface area contributed by atoms with E-state index in [4.69, 9.17) is 9.47 Å². The molecule has 1 N–H and O–H groups in total. The van der Waals surface area contributed by atoms with Crippen LogP contribution in [0.15, 0.2) is 18.2 Å². The van der Waals surface area contributed by atoms with Crippen molar-refractivity contribution >= 4 is 11.8 Å². The van der Waals surface area contributed by atoms with Crippen molar-refractivity contribution in [1.82, 2.24) is 15.1 Å². The number of nitrogens with zero attached hydrogens (tertiary/aromatic N) is 2. The van der Waals surface area contributed by atoms with Gasteiger partial charge >= 0.3 is 0 Å². The van der Waals surface area contributed by atoms with Crippen molar-refractivity contribution in [2.45, 2.75) is 38.3 Å². The van der Waals surface area contributed by atoms with Gasteiger partial charge in [0.2, 0.25) is 18.6 Å². The molecule has 150 valence electrons. The Labute approximate surface area is 165 Å². The summed E-state index contributed by atoms with van der Waals surface area (Å²) in [7, 11) is 0. The molecule has 7 nitrogen and oxygen atoms in total. The number of amides is 2. The molecule has 0 unspecified atom stereocenters. The third-order valence-electron chi connectivity index (χ3n) is 6.55. The standard InChI is InChI=1S/C21H27N3O4/c25-20(22-8-14-4-5-18-19(7-14)28-13-27-18)12-23-9-15-6-16(11-23)17-2-1-3-21(26)24(17)10-15/h4-5,7,15-17H,1-3,6,8-13H2,(H,22,25)/t15-,16+,17+/m0/s1. The van der Waals surface area contributed by atoms with Gasteiger partial charge in [0.15, 0.2) is 11.5 Å². The van der Waals surface area contributed by atoms with E-state index >= 15 is 0 Å². The van der Waals surface area contributed by atoms with Crippen molar-refractivity contribution in [2.75, 3.05) is 33.0 Å². The SMILES string of the molecule is O=C(CN1C[C@@H]2C[C@H](C1)[C@H]1CCCC(=O)N1C2)NCc1ccc2c(c1)OCO2. The molecule has 0 spiro atoms. The highest BCUT2D eigenvalue weighted by atomic mass is 16.7. The number of ether oxygens (including phenoxy) is 2. The van der Waals surface area contributed by atoms with Crippen molar-refractivity contribution in [2.24, 2.45) is 11.8 Å². The van der Waals surface area contributed by atoms with E-state index in [9.17, 15) is 9.59 Å². The Bertz CT molecular complexity index is 783. The summed E-state index contributed by atoms with van der Waals surface area (Å²) in [6.07, 6.45) is 4.04. The lowest BCUT2D eigenvalue weighted by atomic mass is 9.76. The van der Waals surface area contributed by atoms with E-state index in [-0.39, 0.29) is 12.7 Å². The first kappa shape index (κ1) is 17.8. The molecule has 4 aliphatic rings. The second-order valence-corrected chi connectivity index (χ2v) is 8.53. The Hall–Kier alpha value is -2.28. The van der Waals surface area contributed by atoms with E-state index in [0.717, 1.165) is 49.5 Å². The van der Waals surface area contributed by atoms with E-state index in [1.165, 1.54) is 6.42 Å². The predicted molar refractivity (Wildman–Crippen MR) is 102 cm³/mol. The number of piperidine rings is 3. The van der Waals surface area contributed by atoms with E-state index < -0.39 is 0 Å². The fourth-order valence-electron chi connectivity index (χ4n) is 5.35. The maximum absolute atomic E-state index is 12.5. The quantitative estimate of drug-likeness (QED) is 0.848. The number of benzene rings is 1. The van der Waals surface area contributed by atoms with Gasteiger partial charge in [-0.2, -0.15) is 0 Å². The van der Waals surface area contributed by atoms with Crippen LogP contribution in [0.3, 0.4) is 0 Å². The minimum atomic E-state index is 0.0502. The van der Waals surface area contributed by atoms with Crippen LogP contribution in [0.5, 0.6) is 11.5 Å². The molecule has 0 saturated carbocycles. The molecule has 3 atom stereocenters. The zero-order valence-electron chi connectivity index (χ0n) is 16.1. The Morgan fingerprint density at radius 1 is 1.18 bits per heavy atom. The third-order valence-corrected chi connectivity index (χ3v) is 6.55. The molecule has 1 aromatic carbocycles. The number of likely N-dealkylation sites (tertiary alicyclic amines) is 1.